The molecular weight excluding hydrogens is 176 g/mol. The third-order valence-corrected chi connectivity index (χ3v) is 2.45. The van der Waals surface area contributed by atoms with Gasteiger partial charge in [-0.25, -0.2) is 0 Å². The summed E-state index contributed by atoms with van der Waals surface area (Å²) < 4.78 is 5.54. The maximum atomic E-state index is 5.54. The van der Waals surface area contributed by atoms with Gasteiger partial charge in [-0.05, 0) is 31.4 Å². The third kappa shape index (κ3) is 5.37. The fourth-order valence-corrected chi connectivity index (χ4v) is 1.28. The van der Waals surface area contributed by atoms with Crippen LogP contribution in [0.5, 0.6) is 0 Å². The van der Waals surface area contributed by atoms with Gasteiger partial charge < -0.3 is 15.4 Å². The number of ether oxygens (including phenoxy) is 1. The summed E-state index contributed by atoms with van der Waals surface area (Å²) in [6, 6.07) is 0. The first-order valence-corrected chi connectivity index (χ1v) is 5.35. The molecule has 0 aromatic rings. The molecular formula is C11H22N2O. The standard InChI is InChI=1S/C11H22N2O/c1-10(7-12)8-13(2)5-6-14-9-11-3-4-11/h11H,1,3-9,12H2,2H3. The van der Waals surface area contributed by atoms with Crippen molar-refractivity contribution in [1.29, 1.82) is 0 Å². The van der Waals surface area contributed by atoms with Gasteiger partial charge in [-0.1, -0.05) is 6.58 Å². The molecule has 1 fully saturated rings. The highest BCUT2D eigenvalue weighted by molar-refractivity contribution is 4.97. The molecule has 14 heavy (non-hydrogen) atoms. The molecule has 0 aromatic carbocycles. The molecule has 0 bridgehead atoms. The highest BCUT2D eigenvalue weighted by atomic mass is 16.5. The Balaban J connectivity index is 1.90. The van der Waals surface area contributed by atoms with Gasteiger partial charge in [0.05, 0.1) is 6.61 Å². The van der Waals surface area contributed by atoms with Gasteiger partial charge in [0.2, 0.25) is 0 Å². The zero-order valence-electron chi connectivity index (χ0n) is 9.17. The van der Waals surface area contributed by atoms with E-state index in [2.05, 4.69) is 18.5 Å². The highest BCUT2D eigenvalue weighted by Gasteiger charge is 2.20. The van der Waals surface area contributed by atoms with Gasteiger partial charge in [0, 0.05) is 26.2 Å². The van der Waals surface area contributed by atoms with Crippen LogP contribution in [-0.4, -0.2) is 44.8 Å². The summed E-state index contributed by atoms with van der Waals surface area (Å²) in [4.78, 5) is 2.20. The molecule has 0 radical (unpaired) electrons. The van der Waals surface area contributed by atoms with Crippen molar-refractivity contribution >= 4 is 0 Å². The molecule has 0 atom stereocenters. The van der Waals surface area contributed by atoms with E-state index >= 15 is 0 Å². The molecule has 3 heteroatoms. The van der Waals surface area contributed by atoms with Crippen molar-refractivity contribution in [2.75, 3.05) is 39.9 Å². The largest absolute Gasteiger partial charge is 0.380 e. The topological polar surface area (TPSA) is 38.5 Å². The predicted molar refractivity (Wildman–Crippen MR) is 59.2 cm³/mol. The molecule has 82 valence electrons. The van der Waals surface area contributed by atoms with Gasteiger partial charge >= 0.3 is 0 Å². The lowest BCUT2D eigenvalue weighted by Gasteiger charge is -2.17. The van der Waals surface area contributed by atoms with Crippen LogP contribution in [0.15, 0.2) is 12.2 Å². The van der Waals surface area contributed by atoms with Crippen molar-refractivity contribution in [2.24, 2.45) is 11.7 Å². The van der Waals surface area contributed by atoms with Crippen molar-refractivity contribution < 1.29 is 4.74 Å². The van der Waals surface area contributed by atoms with E-state index < -0.39 is 0 Å². The Morgan fingerprint density at radius 2 is 2.29 bits per heavy atom. The molecule has 3 nitrogen and oxygen atoms in total. The third-order valence-electron chi connectivity index (χ3n) is 2.45. The Hall–Kier alpha value is -0.380. The van der Waals surface area contributed by atoms with E-state index in [0.29, 0.717) is 6.54 Å². The minimum Gasteiger partial charge on any atom is -0.380 e. The van der Waals surface area contributed by atoms with Crippen LogP contribution in [0.3, 0.4) is 0 Å². The summed E-state index contributed by atoms with van der Waals surface area (Å²) >= 11 is 0. The summed E-state index contributed by atoms with van der Waals surface area (Å²) in [7, 11) is 2.07. The van der Waals surface area contributed by atoms with E-state index in [4.69, 9.17) is 10.5 Å². The molecule has 0 amide bonds. The Morgan fingerprint density at radius 1 is 1.57 bits per heavy atom. The Kier molecular flexibility index (Phi) is 5.15. The van der Waals surface area contributed by atoms with Crippen LogP contribution in [0.4, 0.5) is 0 Å². The van der Waals surface area contributed by atoms with Gasteiger partial charge in [0.1, 0.15) is 0 Å². The molecule has 1 aliphatic carbocycles. The van der Waals surface area contributed by atoms with E-state index in [1.807, 2.05) is 0 Å². The summed E-state index contributed by atoms with van der Waals surface area (Å²) in [6.07, 6.45) is 2.72. The molecule has 0 heterocycles. The second-order valence-corrected chi connectivity index (χ2v) is 4.21. The maximum Gasteiger partial charge on any atom is 0.0593 e. The summed E-state index contributed by atoms with van der Waals surface area (Å²) in [5.74, 6) is 0.860. The Labute approximate surface area is 86.9 Å². The van der Waals surface area contributed by atoms with Crippen LogP contribution < -0.4 is 5.73 Å². The quantitative estimate of drug-likeness (QED) is 0.464. The number of nitrogens with zero attached hydrogens (tertiary/aromatic N) is 1. The lowest BCUT2D eigenvalue weighted by atomic mass is 10.3. The molecule has 0 spiro atoms. The number of hydrogen-bond acceptors (Lipinski definition) is 3. The molecule has 0 aliphatic heterocycles. The highest BCUT2D eigenvalue weighted by Crippen LogP contribution is 2.28. The average molecular weight is 198 g/mol. The summed E-state index contributed by atoms with van der Waals surface area (Å²) in [6.45, 7) is 8.07. The van der Waals surface area contributed by atoms with Crippen LogP contribution >= 0.6 is 0 Å². The second kappa shape index (κ2) is 6.17. The number of rotatable bonds is 8. The SMILES string of the molecule is C=C(CN)CN(C)CCOCC1CC1. The van der Waals surface area contributed by atoms with E-state index in [9.17, 15) is 0 Å². The molecule has 1 rings (SSSR count). The second-order valence-electron chi connectivity index (χ2n) is 4.21. The van der Waals surface area contributed by atoms with E-state index in [-0.39, 0.29) is 0 Å². The van der Waals surface area contributed by atoms with E-state index in [1.165, 1.54) is 12.8 Å². The van der Waals surface area contributed by atoms with Crippen LogP contribution in [-0.2, 0) is 4.74 Å². The molecule has 2 N–H and O–H groups in total. The van der Waals surface area contributed by atoms with Crippen molar-refractivity contribution in [2.45, 2.75) is 12.8 Å². The Bertz CT molecular complexity index is 178. The summed E-state index contributed by atoms with van der Waals surface area (Å²) in [5.41, 5.74) is 6.54. The van der Waals surface area contributed by atoms with Crippen LogP contribution in [0.25, 0.3) is 0 Å². The lowest BCUT2D eigenvalue weighted by Crippen LogP contribution is -2.27. The van der Waals surface area contributed by atoms with Gasteiger partial charge in [-0.2, -0.15) is 0 Å². The smallest absolute Gasteiger partial charge is 0.0593 e. The minimum atomic E-state index is 0.577. The monoisotopic (exact) mass is 198 g/mol. The number of nitrogens with two attached hydrogens (primary N) is 1. The molecule has 0 unspecified atom stereocenters. The van der Waals surface area contributed by atoms with E-state index in [0.717, 1.165) is 37.8 Å². The van der Waals surface area contributed by atoms with Crippen LogP contribution in [0, 0.1) is 5.92 Å². The van der Waals surface area contributed by atoms with Gasteiger partial charge in [0.15, 0.2) is 0 Å². The van der Waals surface area contributed by atoms with Crippen molar-refractivity contribution in [3.63, 3.8) is 0 Å². The summed E-state index contributed by atoms with van der Waals surface area (Å²) in [5, 5.41) is 0. The van der Waals surface area contributed by atoms with Gasteiger partial charge in [-0.3, -0.25) is 0 Å². The fraction of sp³-hybridized carbons (Fsp3) is 0.818. The molecule has 0 aromatic heterocycles. The molecule has 1 saturated carbocycles. The zero-order valence-corrected chi connectivity index (χ0v) is 9.17. The van der Waals surface area contributed by atoms with Gasteiger partial charge in [-0.15, -0.1) is 0 Å². The van der Waals surface area contributed by atoms with Crippen LogP contribution in [0.2, 0.25) is 0 Å². The van der Waals surface area contributed by atoms with Crippen molar-refractivity contribution in [3.8, 4) is 0 Å². The first-order chi connectivity index (χ1) is 6.72. The minimum absolute atomic E-state index is 0.577. The maximum absolute atomic E-state index is 5.54. The zero-order chi connectivity index (χ0) is 10.4. The van der Waals surface area contributed by atoms with Crippen molar-refractivity contribution in [1.82, 2.24) is 4.90 Å². The molecule has 1 aliphatic rings. The number of likely N-dealkylation sites (N-methyl/N-ethyl adjacent to an activating group) is 1. The predicted octanol–water partition coefficient (Wildman–Crippen LogP) is 0.860. The average Bonchev–Trinajstić information content (AvgIpc) is 2.96. The fourth-order valence-electron chi connectivity index (χ4n) is 1.28. The van der Waals surface area contributed by atoms with Gasteiger partial charge in [0.25, 0.3) is 0 Å². The van der Waals surface area contributed by atoms with E-state index in [1.54, 1.807) is 0 Å². The Morgan fingerprint density at radius 3 is 2.86 bits per heavy atom. The van der Waals surface area contributed by atoms with Crippen LogP contribution in [0.1, 0.15) is 12.8 Å². The van der Waals surface area contributed by atoms with Crippen molar-refractivity contribution in [3.05, 3.63) is 12.2 Å². The normalized spacial score (nSPS) is 16.2. The lowest BCUT2D eigenvalue weighted by molar-refractivity contribution is 0.105. The number of hydrogen-bond donors (Lipinski definition) is 1. The molecule has 0 saturated heterocycles. The first kappa shape index (κ1) is 11.7. The first-order valence-electron chi connectivity index (χ1n) is 5.35.